The molecule has 0 atom stereocenters. The minimum atomic E-state index is -0.914. The molecule has 6 heteroatoms. The van der Waals surface area contributed by atoms with E-state index >= 15 is 0 Å². The number of rotatable bonds is 5. The standard InChI is InChI=1S/C24H36N2O3S/c1-23(2,3)29-21(27)16-24(28)12-8-20(9-13-24)26-14-10-18(11-15-26)17-4-6-19(7-5-17)22(25)30/h4-7,18,20,28H,8-16H2,1-3H3,(H2,25,30). The van der Waals surface area contributed by atoms with Crippen molar-refractivity contribution in [2.75, 3.05) is 13.1 Å². The Morgan fingerprint density at radius 2 is 1.73 bits per heavy atom. The molecule has 1 aliphatic carbocycles. The number of carbonyl (C=O) groups excluding carboxylic acids is 1. The van der Waals surface area contributed by atoms with Crippen LogP contribution in [0.15, 0.2) is 24.3 Å². The number of hydrogen-bond acceptors (Lipinski definition) is 5. The molecule has 5 nitrogen and oxygen atoms in total. The summed E-state index contributed by atoms with van der Waals surface area (Å²) in [5.74, 6) is 0.278. The van der Waals surface area contributed by atoms with Crippen LogP contribution in [0.2, 0.25) is 0 Å². The Morgan fingerprint density at radius 3 is 2.23 bits per heavy atom. The lowest BCUT2D eigenvalue weighted by molar-refractivity contribution is -0.162. The van der Waals surface area contributed by atoms with Gasteiger partial charge in [-0.15, -0.1) is 0 Å². The van der Waals surface area contributed by atoms with E-state index in [2.05, 4.69) is 17.0 Å². The molecule has 0 amide bonds. The van der Waals surface area contributed by atoms with Gasteiger partial charge in [-0.2, -0.15) is 0 Å². The summed E-state index contributed by atoms with van der Waals surface area (Å²) in [5.41, 5.74) is 6.56. The second-order valence-corrected chi connectivity index (χ2v) is 10.5. The highest BCUT2D eigenvalue weighted by Gasteiger charge is 2.38. The maximum absolute atomic E-state index is 12.1. The highest BCUT2D eigenvalue weighted by molar-refractivity contribution is 7.80. The third-order valence-corrected chi connectivity index (χ3v) is 6.73. The van der Waals surface area contributed by atoms with Gasteiger partial charge in [0.05, 0.1) is 12.0 Å². The molecule has 30 heavy (non-hydrogen) atoms. The second-order valence-electron chi connectivity index (χ2n) is 10.0. The quantitative estimate of drug-likeness (QED) is 0.543. The van der Waals surface area contributed by atoms with Gasteiger partial charge in [0.2, 0.25) is 0 Å². The van der Waals surface area contributed by atoms with Crippen molar-refractivity contribution in [3.05, 3.63) is 35.4 Å². The van der Waals surface area contributed by atoms with Gasteiger partial charge in [0.1, 0.15) is 10.6 Å². The predicted octanol–water partition coefficient (Wildman–Crippen LogP) is 3.91. The van der Waals surface area contributed by atoms with E-state index in [-0.39, 0.29) is 12.4 Å². The van der Waals surface area contributed by atoms with Crippen molar-refractivity contribution in [1.82, 2.24) is 4.90 Å². The lowest BCUT2D eigenvalue weighted by Crippen LogP contribution is -2.47. The van der Waals surface area contributed by atoms with E-state index in [1.165, 1.54) is 5.56 Å². The second kappa shape index (κ2) is 9.33. The van der Waals surface area contributed by atoms with Crippen molar-refractivity contribution >= 4 is 23.2 Å². The van der Waals surface area contributed by atoms with E-state index in [9.17, 15) is 9.90 Å². The molecule has 2 fully saturated rings. The molecule has 166 valence electrons. The maximum atomic E-state index is 12.1. The fourth-order valence-electron chi connectivity index (χ4n) is 4.85. The van der Waals surface area contributed by atoms with Crippen LogP contribution in [0.1, 0.15) is 82.8 Å². The number of hydrogen-bond donors (Lipinski definition) is 2. The average molecular weight is 433 g/mol. The molecule has 0 spiro atoms. The first-order chi connectivity index (χ1) is 14.0. The zero-order valence-corrected chi connectivity index (χ0v) is 19.3. The minimum absolute atomic E-state index is 0.0985. The van der Waals surface area contributed by atoms with Crippen molar-refractivity contribution in [3.8, 4) is 0 Å². The Morgan fingerprint density at radius 1 is 1.17 bits per heavy atom. The molecule has 1 saturated carbocycles. The molecule has 1 saturated heterocycles. The molecule has 1 aromatic rings. The van der Waals surface area contributed by atoms with Crippen LogP contribution in [0.25, 0.3) is 0 Å². The van der Waals surface area contributed by atoms with Crippen molar-refractivity contribution in [3.63, 3.8) is 0 Å². The van der Waals surface area contributed by atoms with Gasteiger partial charge in [-0.25, -0.2) is 0 Å². The summed E-state index contributed by atoms with van der Waals surface area (Å²) in [6.07, 6.45) is 5.59. The molecular weight excluding hydrogens is 396 g/mol. The van der Waals surface area contributed by atoms with Crippen LogP contribution in [0.3, 0.4) is 0 Å². The maximum Gasteiger partial charge on any atom is 0.309 e. The van der Waals surface area contributed by atoms with Gasteiger partial charge >= 0.3 is 5.97 Å². The summed E-state index contributed by atoms with van der Waals surface area (Å²) in [6.45, 7) is 7.73. The first-order valence-electron chi connectivity index (χ1n) is 11.1. The third kappa shape index (κ3) is 6.25. The summed E-state index contributed by atoms with van der Waals surface area (Å²) in [4.78, 5) is 15.2. The molecular formula is C24H36N2O3S. The van der Waals surface area contributed by atoms with Crippen molar-refractivity contribution in [1.29, 1.82) is 0 Å². The number of benzene rings is 1. The summed E-state index contributed by atoms with van der Waals surface area (Å²) in [5, 5.41) is 10.9. The zero-order valence-electron chi connectivity index (χ0n) is 18.5. The largest absolute Gasteiger partial charge is 0.460 e. The lowest BCUT2D eigenvalue weighted by Gasteiger charge is -2.43. The normalized spacial score (nSPS) is 26.3. The Kier molecular flexibility index (Phi) is 7.20. The van der Waals surface area contributed by atoms with Gasteiger partial charge in [-0.3, -0.25) is 4.79 Å². The Balaban J connectivity index is 1.46. The molecule has 0 radical (unpaired) electrons. The zero-order chi connectivity index (χ0) is 21.9. The number of likely N-dealkylation sites (tertiary alicyclic amines) is 1. The smallest absolute Gasteiger partial charge is 0.309 e. The van der Waals surface area contributed by atoms with Gasteiger partial charge in [-0.05, 0) is 83.9 Å². The van der Waals surface area contributed by atoms with Gasteiger partial charge in [-0.1, -0.05) is 36.5 Å². The van der Waals surface area contributed by atoms with Gasteiger partial charge in [0, 0.05) is 11.6 Å². The Hall–Kier alpha value is -1.50. The number of ether oxygens (including phenoxy) is 1. The van der Waals surface area contributed by atoms with E-state index in [4.69, 9.17) is 22.7 Å². The van der Waals surface area contributed by atoms with E-state index in [0.717, 1.165) is 44.3 Å². The van der Waals surface area contributed by atoms with E-state index in [1.54, 1.807) is 0 Å². The molecule has 0 bridgehead atoms. The first-order valence-corrected chi connectivity index (χ1v) is 11.5. The van der Waals surface area contributed by atoms with Gasteiger partial charge in [0.25, 0.3) is 0 Å². The Bertz CT molecular complexity index is 741. The topological polar surface area (TPSA) is 75.8 Å². The number of nitrogens with two attached hydrogens (primary N) is 1. The third-order valence-electron chi connectivity index (χ3n) is 6.49. The highest BCUT2D eigenvalue weighted by Crippen LogP contribution is 2.37. The van der Waals surface area contributed by atoms with E-state index in [0.29, 0.717) is 29.8 Å². The Labute approximate surface area is 186 Å². The molecule has 1 aliphatic heterocycles. The number of thiocarbonyl (C=S) groups is 1. The summed E-state index contributed by atoms with van der Waals surface area (Å²) < 4.78 is 5.40. The van der Waals surface area contributed by atoms with Crippen molar-refractivity contribution in [2.45, 2.75) is 88.9 Å². The molecule has 1 aromatic carbocycles. The van der Waals surface area contributed by atoms with Crippen LogP contribution in [0.5, 0.6) is 0 Å². The van der Waals surface area contributed by atoms with Gasteiger partial charge < -0.3 is 20.5 Å². The van der Waals surface area contributed by atoms with Crippen LogP contribution in [0, 0.1) is 0 Å². The first kappa shape index (κ1) is 23.2. The SMILES string of the molecule is CC(C)(C)OC(=O)CC1(O)CCC(N2CCC(c3ccc(C(N)=S)cc3)CC2)CC1. The van der Waals surface area contributed by atoms with Gasteiger partial charge in [0.15, 0.2) is 0 Å². The number of aliphatic hydroxyl groups is 1. The summed E-state index contributed by atoms with van der Waals surface area (Å²) >= 11 is 5.04. The van der Waals surface area contributed by atoms with Crippen LogP contribution >= 0.6 is 12.2 Å². The average Bonchev–Trinajstić information content (AvgIpc) is 2.67. The van der Waals surface area contributed by atoms with E-state index in [1.807, 2.05) is 32.9 Å². The number of nitrogens with zero attached hydrogens (tertiary/aromatic N) is 1. The number of piperidine rings is 1. The fourth-order valence-corrected chi connectivity index (χ4v) is 4.98. The molecule has 0 aromatic heterocycles. The summed E-state index contributed by atoms with van der Waals surface area (Å²) in [7, 11) is 0. The van der Waals surface area contributed by atoms with Crippen molar-refractivity contribution in [2.24, 2.45) is 5.73 Å². The minimum Gasteiger partial charge on any atom is -0.460 e. The molecule has 1 heterocycles. The molecule has 3 N–H and O–H groups in total. The highest BCUT2D eigenvalue weighted by atomic mass is 32.1. The van der Waals surface area contributed by atoms with Crippen LogP contribution in [-0.2, 0) is 9.53 Å². The number of esters is 1. The fraction of sp³-hybridized carbons (Fsp3) is 0.667. The van der Waals surface area contributed by atoms with Crippen LogP contribution < -0.4 is 5.73 Å². The number of carbonyl (C=O) groups is 1. The van der Waals surface area contributed by atoms with Crippen LogP contribution in [-0.4, -0.2) is 51.3 Å². The molecule has 3 rings (SSSR count). The van der Waals surface area contributed by atoms with Crippen molar-refractivity contribution < 1.29 is 14.6 Å². The van der Waals surface area contributed by atoms with E-state index < -0.39 is 11.2 Å². The lowest BCUT2D eigenvalue weighted by atomic mass is 9.78. The summed E-state index contributed by atoms with van der Waals surface area (Å²) in [6, 6.07) is 8.87. The molecule has 0 unspecified atom stereocenters. The monoisotopic (exact) mass is 432 g/mol. The van der Waals surface area contributed by atoms with Crippen LogP contribution in [0.4, 0.5) is 0 Å². The predicted molar refractivity (Wildman–Crippen MR) is 124 cm³/mol. The molecule has 2 aliphatic rings.